The topological polar surface area (TPSA) is 42.0 Å². The van der Waals surface area contributed by atoms with Crippen molar-refractivity contribution in [3.63, 3.8) is 0 Å². The van der Waals surface area contributed by atoms with Gasteiger partial charge < -0.3 is 5.32 Å². The number of carbonyl (C=O) groups is 1. The lowest BCUT2D eigenvalue weighted by Crippen LogP contribution is -2.23. The van der Waals surface area contributed by atoms with Crippen molar-refractivity contribution < 1.29 is 18.0 Å². The molecule has 0 saturated heterocycles. The zero-order chi connectivity index (χ0) is 14.8. The van der Waals surface area contributed by atoms with Gasteiger partial charge in [0.1, 0.15) is 5.82 Å². The third-order valence-electron chi connectivity index (χ3n) is 2.41. The summed E-state index contributed by atoms with van der Waals surface area (Å²) in [7, 11) is 0. The molecule has 1 aromatic carbocycles. The number of pyridine rings is 1. The van der Waals surface area contributed by atoms with Crippen LogP contribution in [0.3, 0.4) is 0 Å². The molecule has 2 aromatic rings. The Labute approximate surface area is 117 Å². The molecule has 7 heteroatoms. The van der Waals surface area contributed by atoms with E-state index >= 15 is 0 Å². The lowest BCUT2D eigenvalue weighted by Gasteiger charge is -2.12. The van der Waals surface area contributed by atoms with Crippen LogP contribution in [-0.4, -0.2) is 16.9 Å². The maximum atomic E-state index is 12.5. The molecule has 0 bridgehead atoms. The monoisotopic (exact) mass is 300 g/mol. The van der Waals surface area contributed by atoms with Gasteiger partial charge in [0.2, 0.25) is 0 Å². The highest BCUT2D eigenvalue weighted by Crippen LogP contribution is 2.29. The number of carbonyl (C=O) groups excluding carboxylic acids is 1. The Morgan fingerprint density at radius 1 is 1.20 bits per heavy atom. The fourth-order valence-electron chi connectivity index (χ4n) is 1.55. The van der Waals surface area contributed by atoms with Gasteiger partial charge in [0.25, 0.3) is 5.78 Å². The molecule has 0 atom stereocenters. The molecule has 0 spiro atoms. The van der Waals surface area contributed by atoms with E-state index in [1.807, 2.05) is 0 Å². The molecule has 0 fully saturated rings. The number of halogens is 4. The van der Waals surface area contributed by atoms with Gasteiger partial charge in [-0.15, -0.1) is 0 Å². The summed E-state index contributed by atoms with van der Waals surface area (Å²) in [6.45, 7) is 0. The van der Waals surface area contributed by atoms with E-state index < -0.39 is 17.5 Å². The minimum absolute atomic E-state index is 0.0430. The van der Waals surface area contributed by atoms with Crippen LogP contribution in [-0.2, 0) is 0 Å². The van der Waals surface area contributed by atoms with Crippen LogP contribution in [0.15, 0.2) is 42.6 Å². The van der Waals surface area contributed by atoms with E-state index in [1.165, 1.54) is 18.3 Å². The van der Waals surface area contributed by atoms with Gasteiger partial charge in [-0.25, -0.2) is 4.98 Å². The number of benzene rings is 1. The first kappa shape index (κ1) is 14.3. The number of ketones is 1. The number of rotatable bonds is 3. The molecule has 0 aliphatic rings. The van der Waals surface area contributed by atoms with E-state index in [9.17, 15) is 18.0 Å². The minimum Gasteiger partial charge on any atom is -0.340 e. The number of alkyl halides is 3. The largest absolute Gasteiger partial charge is 0.454 e. The van der Waals surface area contributed by atoms with Gasteiger partial charge in [-0.1, -0.05) is 17.7 Å². The van der Waals surface area contributed by atoms with Gasteiger partial charge in [-0.2, -0.15) is 13.2 Å². The smallest absolute Gasteiger partial charge is 0.340 e. The lowest BCUT2D eigenvalue weighted by molar-refractivity contribution is -0.0884. The fourth-order valence-corrected chi connectivity index (χ4v) is 1.72. The summed E-state index contributed by atoms with van der Waals surface area (Å²) in [6, 6.07) is 8.38. The Balaban J connectivity index is 2.41. The molecule has 2 rings (SSSR count). The summed E-state index contributed by atoms with van der Waals surface area (Å²) in [4.78, 5) is 15.3. The van der Waals surface area contributed by atoms with E-state index in [-0.39, 0.29) is 10.7 Å². The molecular formula is C13H8ClF3N2O. The van der Waals surface area contributed by atoms with E-state index in [0.29, 0.717) is 5.82 Å². The van der Waals surface area contributed by atoms with Crippen LogP contribution in [0.5, 0.6) is 0 Å². The van der Waals surface area contributed by atoms with Gasteiger partial charge in [0, 0.05) is 11.2 Å². The second kappa shape index (κ2) is 5.50. The molecule has 104 valence electrons. The third kappa shape index (κ3) is 3.27. The predicted molar refractivity (Wildman–Crippen MR) is 69.4 cm³/mol. The van der Waals surface area contributed by atoms with E-state index in [4.69, 9.17) is 11.6 Å². The highest BCUT2D eigenvalue weighted by Gasteiger charge is 2.40. The molecule has 20 heavy (non-hydrogen) atoms. The van der Waals surface area contributed by atoms with Crippen LogP contribution in [0.1, 0.15) is 10.4 Å². The highest BCUT2D eigenvalue weighted by molar-refractivity contribution is 6.31. The molecule has 0 amide bonds. The molecule has 1 heterocycles. The first-order valence-electron chi connectivity index (χ1n) is 5.47. The molecule has 1 N–H and O–H groups in total. The van der Waals surface area contributed by atoms with Crippen molar-refractivity contribution in [3.8, 4) is 0 Å². The second-order valence-electron chi connectivity index (χ2n) is 3.86. The van der Waals surface area contributed by atoms with Crippen LogP contribution < -0.4 is 5.32 Å². The number of Topliss-reactive ketones (excluding diaryl/α,β-unsaturated/α-hetero) is 1. The Morgan fingerprint density at radius 3 is 2.55 bits per heavy atom. The number of hydrogen-bond acceptors (Lipinski definition) is 3. The SMILES string of the molecule is O=C(c1ccc(Cl)cc1Nc1ccccn1)C(F)(F)F. The van der Waals surface area contributed by atoms with Gasteiger partial charge in [-0.3, -0.25) is 4.79 Å². The summed E-state index contributed by atoms with van der Waals surface area (Å²) >= 11 is 5.75. The predicted octanol–water partition coefficient (Wildman–Crippen LogP) is 4.22. The highest BCUT2D eigenvalue weighted by atomic mass is 35.5. The van der Waals surface area contributed by atoms with Gasteiger partial charge in [-0.05, 0) is 30.3 Å². The van der Waals surface area contributed by atoms with Crippen molar-refractivity contribution in [2.75, 3.05) is 5.32 Å². The molecule has 0 unspecified atom stereocenters. The summed E-state index contributed by atoms with van der Waals surface area (Å²) in [6.07, 6.45) is -3.48. The van der Waals surface area contributed by atoms with Crippen LogP contribution in [0.2, 0.25) is 5.02 Å². The maximum absolute atomic E-state index is 12.5. The maximum Gasteiger partial charge on any atom is 0.454 e. The first-order valence-corrected chi connectivity index (χ1v) is 5.85. The van der Waals surface area contributed by atoms with Crippen molar-refractivity contribution in [1.29, 1.82) is 0 Å². The Morgan fingerprint density at radius 2 is 1.95 bits per heavy atom. The number of nitrogens with one attached hydrogen (secondary N) is 1. The van der Waals surface area contributed by atoms with Crippen LogP contribution in [0.25, 0.3) is 0 Å². The zero-order valence-corrected chi connectivity index (χ0v) is 10.7. The van der Waals surface area contributed by atoms with Crippen molar-refractivity contribution in [1.82, 2.24) is 4.98 Å². The lowest BCUT2D eigenvalue weighted by atomic mass is 10.1. The average Bonchev–Trinajstić information content (AvgIpc) is 2.38. The Kier molecular flexibility index (Phi) is 3.94. The third-order valence-corrected chi connectivity index (χ3v) is 2.65. The van der Waals surface area contributed by atoms with E-state index in [0.717, 1.165) is 6.07 Å². The normalized spacial score (nSPS) is 11.2. The summed E-state index contributed by atoms with van der Waals surface area (Å²) in [5, 5.41) is 2.86. The quantitative estimate of drug-likeness (QED) is 0.863. The van der Waals surface area contributed by atoms with Crippen molar-refractivity contribution in [3.05, 3.63) is 53.2 Å². The molecule has 3 nitrogen and oxygen atoms in total. The van der Waals surface area contributed by atoms with Crippen molar-refractivity contribution >= 4 is 28.9 Å². The molecule has 1 aromatic heterocycles. The van der Waals surface area contributed by atoms with E-state index in [2.05, 4.69) is 10.3 Å². The van der Waals surface area contributed by atoms with Crippen molar-refractivity contribution in [2.24, 2.45) is 0 Å². The fraction of sp³-hybridized carbons (Fsp3) is 0.0769. The Bertz CT molecular complexity index is 629. The molecule has 0 aliphatic heterocycles. The van der Waals surface area contributed by atoms with Crippen LogP contribution in [0.4, 0.5) is 24.7 Å². The number of nitrogens with zero attached hydrogens (tertiary/aromatic N) is 1. The number of hydrogen-bond donors (Lipinski definition) is 1. The van der Waals surface area contributed by atoms with Crippen molar-refractivity contribution in [2.45, 2.75) is 6.18 Å². The standard InChI is InChI=1S/C13H8ClF3N2O/c14-8-4-5-9(12(20)13(15,16)17)10(7-8)19-11-3-1-2-6-18-11/h1-7H,(H,18,19). The van der Waals surface area contributed by atoms with Gasteiger partial charge >= 0.3 is 6.18 Å². The zero-order valence-electron chi connectivity index (χ0n) is 9.91. The van der Waals surface area contributed by atoms with Gasteiger partial charge in [0.05, 0.1) is 11.3 Å². The minimum atomic E-state index is -4.95. The average molecular weight is 301 g/mol. The Hall–Kier alpha value is -2.08. The van der Waals surface area contributed by atoms with E-state index in [1.54, 1.807) is 18.2 Å². The first-order chi connectivity index (χ1) is 9.38. The van der Waals surface area contributed by atoms with Crippen LogP contribution in [0, 0.1) is 0 Å². The molecule has 0 saturated carbocycles. The molecule has 0 radical (unpaired) electrons. The van der Waals surface area contributed by atoms with Crippen LogP contribution >= 0.6 is 11.6 Å². The molecule has 0 aliphatic carbocycles. The summed E-state index contributed by atoms with van der Waals surface area (Å²) in [5.41, 5.74) is -0.550. The number of aromatic nitrogens is 1. The second-order valence-corrected chi connectivity index (χ2v) is 4.29. The number of anilines is 2. The molecular weight excluding hydrogens is 293 g/mol. The summed E-state index contributed by atoms with van der Waals surface area (Å²) in [5.74, 6) is -1.63. The summed E-state index contributed by atoms with van der Waals surface area (Å²) < 4.78 is 37.6. The van der Waals surface area contributed by atoms with Gasteiger partial charge in [0.15, 0.2) is 0 Å².